The number of hydrogen-bond acceptors (Lipinski definition) is 4. The third-order valence-electron chi connectivity index (χ3n) is 4.26. The van der Waals surface area contributed by atoms with Gasteiger partial charge in [0.25, 0.3) is 5.91 Å². The van der Waals surface area contributed by atoms with Gasteiger partial charge in [-0.25, -0.2) is 13.6 Å². The van der Waals surface area contributed by atoms with E-state index in [1.807, 2.05) is 0 Å². The van der Waals surface area contributed by atoms with Crippen molar-refractivity contribution in [3.05, 3.63) is 71.1 Å². The maximum atomic E-state index is 14.3. The van der Waals surface area contributed by atoms with Crippen LogP contribution in [0.2, 0.25) is 0 Å². The molecule has 162 valence electrons. The highest BCUT2D eigenvalue weighted by atomic mass is 19.4. The van der Waals surface area contributed by atoms with Crippen molar-refractivity contribution in [2.24, 2.45) is 7.05 Å². The van der Waals surface area contributed by atoms with Crippen LogP contribution in [0.25, 0.3) is 11.1 Å². The highest BCUT2D eigenvalue weighted by Crippen LogP contribution is 2.33. The Balaban J connectivity index is 2.01. The van der Waals surface area contributed by atoms with Crippen LogP contribution in [-0.2, 0) is 18.0 Å². The van der Waals surface area contributed by atoms with Gasteiger partial charge in [-0.2, -0.15) is 18.3 Å². The van der Waals surface area contributed by atoms with Gasteiger partial charge in [-0.05, 0) is 35.9 Å². The number of amides is 1. The summed E-state index contributed by atoms with van der Waals surface area (Å²) >= 11 is 0. The average Bonchev–Trinajstić information content (AvgIpc) is 3.11. The number of aromatic nitrogens is 2. The van der Waals surface area contributed by atoms with Crippen LogP contribution in [0.15, 0.2) is 42.6 Å². The monoisotopic (exact) mass is 439 g/mol. The Hall–Kier alpha value is -3.76. The Kier molecular flexibility index (Phi) is 5.78. The Bertz CT molecular complexity index is 1170. The van der Waals surface area contributed by atoms with E-state index in [0.717, 1.165) is 48.3 Å². The van der Waals surface area contributed by atoms with E-state index >= 15 is 0 Å². The third kappa shape index (κ3) is 4.55. The van der Waals surface area contributed by atoms with Crippen molar-refractivity contribution >= 4 is 17.6 Å². The molecule has 1 amide bonds. The van der Waals surface area contributed by atoms with Crippen molar-refractivity contribution in [1.29, 1.82) is 0 Å². The number of anilines is 1. The van der Waals surface area contributed by atoms with Gasteiger partial charge in [-0.1, -0.05) is 6.07 Å². The van der Waals surface area contributed by atoms with E-state index in [4.69, 9.17) is 0 Å². The SMILES string of the molecule is COC(=O)c1ccc(-c2cc(F)ccc2NC(=O)c2cn(C)nc2C(F)(F)F)cc1F. The van der Waals surface area contributed by atoms with Gasteiger partial charge >= 0.3 is 12.1 Å². The fourth-order valence-corrected chi connectivity index (χ4v) is 2.88. The van der Waals surface area contributed by atoms with Crippen molar-refractivity contribution in [3.63, 3.8) is 0 Å². The highest BCUT2D eigenvalue weighted by molar-refractivity contribution is 6.07. The number of carbonyl (C=O) groups is 2. The van der Waals surface area contributed by atoms with Gasteiger partial charge in [-0.15, -0.1) is 0 Å². The summed E-state index contributed by atoms with van der Waals surface area (Å²) in [5.41, 5.74) is -2.50. The van der Waals surface area contributed by atoms with E-state index in [2.05, 4.69) is 15.2 Å². The van der Waals surface area contributed by atoms with Gasteiger partial charge in [-0.3, -0.25) is 9.48 Å². The largest absolute Gasteiger partial charge is 0.465 e. The van der Waals surface area contributed by atoms with Crippen LogP contribution in [0.4, 0.5) is 27.6 Å². The number of rotatable bonds is 4. The lowest BCUT2D eigenvalue weighted by atomic mass is 10.0. The van der Waals surface area contributed by atoms with Gasteiger partial charge < -0.3 is 10.1 Å². The van der Waals surface area contributed by atoms with Crippen molar-refractivity contribution in [3.8, 4) is 11.1 Å². The standard InChI is InChI=1S/C20H14F5N3O3/c1-28-9-14(17(27-28)20(23,24)25)18(29)26-16-6-4-11(21)8-13(16)10-3-5-12(15(22)7-10)19(30)31-2/h3-9H,1-2H3,(H,26,29). The van der Waals surface area contributed by atoms with Crippen LogP contribution in [0.3, 0.4) is 0 Å². The summed E-state index contributed by atoms with van der Waals surface area (Å²) in [6, 6.07) is 6.38. The molecule has 11 heteroatoms. The second-order valence-electron chi connectivity index (χ2n) is 6.39. The molecule has 3 aromatic rings. The molecule has 0 atom stereocenters. The number of nitrogens with zero attached hydrogens (tertiary/aromatic N) is 2. The third-order valence-corrected chi connectivity index (χ3v) is 4.26. The molecular formula is C20H14F5N3O3. The van der Waals surface area contributed by atoms with Gasteiger partial charge in [0.05, 0.1) is 18.2 Å². The summed E-state index contributed by atoms with van der Waals surface area (Å²) in [6.07, 6.45) is -3.97. The number of esters is 1. The molecule has 0 fully saturated rings. The Labute approximate surface area is 172 Å². The molecular weight excluding hydrogens is 425 g/mol. The second-order valence-corrected chi connectivity index (χ2v) is 6.39. The van der Waals surface area contributed by atoms with E-state index in [1.54, 1.807) is 0 Å². The highest BCUT2D eigenvalue weighted by Gasteiger charge is 2.39. The van der Waals surface area contributed by atoms with Crippen LogP contribution in [-0.4, -0.2) is 28.8 Å². The molecule has 2 aromatic carbocycles. The quantitative estimate of drug-likeness (QED) is 0.483. The number of carbonyl (C=O) groups excluding carboxylic acids is 2. The summed E-state index contributed by atoms with van der Waals surface area (Å²) in [4.78, 5) is 24.1. The van der Waals surface area contributed by atoms with Crippen LogP contribution < -0.4 is 5.32 Å². The minimum absolute atomic E-state index is 0.0129. The molecule has 0 aliphatic carbocycles. The summed E-state index contributed by atoms with van der Waals surface area (Å²) in [6.45, 7) is 0. The first-order chi connectivity index (χ1) is 14.5. The zero-order chi connectivity index (χ0) is 22.9. The Morgan fingerprint density at radius 1 is 1.06 bits per heavy atom. The summed E-state index contributed by atoms with van der Waals surface area (Å²) in [7, 11) is 2.30. The molecule has 0 aliphatic rings. The minimum Gasteiger partial charge on any atom is -0.465 e. The topological polar surface area (TPSA) is 73.2 Å². The molecule has 31 heavy (non-hydrogen) atoms. The van der Waals surface area contributed by atoms with E-state index in [9.17, 15) is 31.5 Å². The zero-order valence-electron chi connectivity index (χ0n) is 16.1. The molecule has 0 bridgehead atoms. The van der Waals surface area contributed by atoms with Crippen LogP contribution in [0.1, 0.15) is 26.4 Å². The maximum Gasteiger partial charge on any atom is 0.435 e. The first kappa shape index (κ1) is 21.9. The molecule has 6 nitrogen and oxygen atoms in total. The van der Waals surface area contributed by atoms with Gasteiger partial charge in [0.1, 0.15) is 11.6 Å². The number of alkyl halides is 3. The van der Waals surface area contributed by atoms with Crippen LogP contribution >= 0.6 is 0 Å². The number of hydrogen-bond donors (Lipinski definition) is 1. The molecule has 0 saturated carbocycles. The first-order valence-corrected chi connectivity index (χ1v) is 8.61. The van der Waals surface area contributed by atoms with E-state index in [0.29, 0.717) is 0 Å². The summed E-state index contributed by atoms with van der Waals surface area (Å²) in [5.74, 6) is -3.76. The smallest absolute Gasteiger partial charge is 0.435 e. The van der Waals surface area contributed by atoms with Crippen LogP contribution in [0, 0.1) is 11.6 Å². The average molecular weight is 439 g/mol. The van der Waals surface area contributed by atoms with Crippen molar-refractivity contribution in [2.75, 3.05) is 12.4 Å². The number of ether oxygens (including phenoxy) is 1. The first-order valence-electron chi connectivity index (χ1n) is 8.61. The maximum absolute atomic E-state index is 14.3. The lowest BCUT2D eigenvalue weighted by molar-refractivity contribution is -0.141. The van der Waals surface area contributed by atoms with E-state index in [-0.39, 0.29) is 22.4 Å². The summed E-state index contributed by atoms with van der Waals surface area (Å²) < 4.78 is 72.9. The number of aryl methyl sites for hydroxylation is 1. The van der Waals surface area contributed by atoms with E-state index < -0.39 is 40.9 Å². The predicted molar refractivity (Wildman–Crippen MR) is 99.3 cm³/mol. The molecule has 0 spiro atoms. The minimum atomic E-state index is -4.87. The molecule has 1 N–H and O–H groups in total. The number of nitrogens with one attached hydrogen (secondary N) is 1. The van der Waals surface area contributed by atoms with Crippen molar-refractivity contribution in [2.45, 2.75) is 6.18 Å². The molecule has 0 aliphatic heterocycles. The molecule has 0 radical (unpaired) electrons. The lowest BCUT2D eigenvalue weighted by Crippen LogP contribution is -2.18. The van der Waals surface area contributed by atoms with Crippen molar-refractivity contribution in [1.82, 2.24) is 9.78 Å². The Morgan fingerprint density at radius 3 is 2.39 bits per heavy atom. The number of methoxy groups -OCH3 is 1. The normalized spacial score (nSPS) is 11.3. The van der Waals surface area contributed by atoms with Gasteiger partial charge in [0.2, 0.25) is 0 Å². The second kappa shape index (κ2) is 8.17. The molecule has 1 aromatic heterocycles. The molecule has 0 unspecified atom stereocenters. The van der Waals surface area contributed by atoms with Crippen molar-refractivity contribution < 1.29 is 36.3 Å². The molecule has 0 saturated heterocycles. The zero-order valence-corrected chi connectivity index (χ0v) is 16.1. The summed E-state index contributed by atoms with van der Waals surface area (Å²) in [5, 5.41) is 5.54. The fourth-order valence-electron chi connectivity index (χ4n) is 2.88. The van der Waals surface area contributed by atoms with Gasteiger partial charge in [0.15, 0.2) is 5.69 Å². The van der Waals surface area contributed by atoms with Crippen LogP contribution in [0.5, 0.6) is 0 Å². The Morgan fingerprint density at radius 2 is 1.77 bits per heavy atom. The fraction of sp³-hybridized carbons (Fsp3) is 0.150. The van der Waals surface area contributed by atoms with E-state index in [1.165, 1.54) is 13.1 Å². The number of benzene rings is 2. The van der Waals surface area contributed by atoms with Gasteiger partial charge in [0, 0.05) is 24.5 Å². The molecule has 1 heterocycles. The lowest BCUT2D eigenvalue weighted by Gasteiger charge is -2.13. The number of halogens is 5. The predicted octanol–water partition coefficient (Wildman–Crippen LogP) is 4.42. The molecule has 3 rings (SSSR count).